The quantitative estimate of drug-likeness (QED) is 0.784. The number of nitrogens with zero attached hydrogens (tertiary/aromatic N) is 3. The minimum Gasteiger partial charge on any atom is -0.342 e. The van der Waals surface area contributed by atoms with Gasteiger partial charge in [0, 0.05) is 24.3 Å². The van der Waals surface area contributed by atoms with Crippen molar-refractivity contribution in [1.82, 2.24) is 14.7 Å². The average Bonchev–Trinajstić information content (AvgIpc) is 2.78. The van der Waals surface area contributed by atoms with E-state index in [1.54, 1.807) is 25.7 Å². The van der Waals surface area contributed by atoms with Gasteiger partial charge in [-0.15, -0.1) is 6.58 Å². The van der Waals surface area contributed by atoms with Crippen molar-refractivity contribution >= 4 is 5.91 Å². The molecule has 1 aliphatic heterocycles. The van der Waals surface area contributed by atoms with Crippen LogP contribution in [-0.4, -0.2) is 39.9 Å². The molecular formula is C17H24F3N3O. The van der Waals surface area contributed by atoms with Crippen LogP contribution in [0.25, 0.3) is 0 Å². The normalized spacial score (nSPS) is 17.8. The molecule has 1 aromatic rings. The van der Waals surface area contributed by atoms with Crippen LogP contribution >= 0.6 is 0 Å². The van der Waals surface area contributed by atoms with Gasteiger partial charge in [0.2, 0.25) is 5.91 Å². The Hall–Kier alpha value is -1.79. The molecule has 4 nitrogen and oxygen atoms in total. The van der Waals surface area contributed by atoms with Gasteiger partial charge < -0.3 is 4.90 Å². The Kier molecular flexibility index (Phi) is 5.40. The fourth-order valence-electron chi connectivity index (χ4n) is 3.41. The molecule has 7 heteroatoms. The summed E-state index contributed by atoms with van der Waals surface area (Å²) in [7, 11) is 0. The zero-order valence-electron chi connectivity index (χ0n) is 14.4. The van der Waals surface area contributed by atoms with E-state index in [1.807, 2.05) is 6.08 Å². The van der Waals surface area contributed by atoms with Crippen LogP contribution in [0.15, 0.2) is 12.7 Å². The third-order valence-electron chi connectivity index (χ3n) is 4.75. The predicted molar refractivity (Wildman–Crippen MR) is 85.7 cm³/mol. The summed E-state index contributed by atoms with van der Waals surface area (Å²) in [5, 5.41) is 3.98. The topological polar surface area (TPSA) is 38.1 Å². The van der Waals surface area contributed by atoms with Crippen LogP contribution in [-0.2, 0) is 11.3 Å². The number of hydrogen-bond acceptors (Lipinski definition) is 2. The van der Waals surface area contributed by atoms with E-state index in [2.05, 4.69) is 11.7 Å². The van der Waals surface area contributed by atoms with Crippen LogP contribution in [0.1, 0.15) is 42.6 Å². The van der Waals surface area contributed by atoms with E-state index in [0.29, 0.717) is 36.0 Å². The highest BCUT2D eigenvalue weighted by atomic mass is 19.4. The summed E-state index contributed by atoms with van der Waals surface area (Å²) in [6, 6.07) is 0. The first-order chi connectivity index (χ1) is 11.1. The SMILES string of the molecule is C=CC1CCN(C(=O)[C@H](C)c2c(C)nn(CC(F)(F)F)c2C)CC1. The zero-order valence-corrected chi connectivity index (χ0v) is 14.4. The highest BCUT2D eigenvalue weighted by molar-refractivity contribution is 5.84. The molecule has 134 valence electrons. The van der Waals surface area contributed by atoms with Gasteiger partial charge in [-0.05, 0) is 39.5 Å². The smallest absolute Gasteiger partial charge is 0.342 e. The lowest BCUT2D eigenvalue weighted by Gasteiger charge is -2.32. The Morgan fingerprint density at radius 2 is 1.96 bits per heavy atom. The lowest BCUT2D eigenvalue weighted by molar-refractivity contribution is -0.143. The van der Waals surface area contributed by atoms with E-state index < -0.39 is 18.6 Å². The van der Waals surface area contributed by atoms with Crippen LogP contribution in [0.5, 0.6) is 0 Å². The van der Waals surface area contributed by atoms with Crippen molar-refractivity contribution in [2.45, 2.75) is 52.3 Å². The van der Waals surface area contributed by atoms with Gasteiger partial charge in [-0.25, -0.2) is 0 Å². The first-order valence-electron chi connectivity index (χ1n) is 8.16. The molecule has 2 heterocycles. The van der Waals surface area contributed by atoms with Gasteiger partial charge in [0.25, 0.3) is 0 Å². The summed E-state index contributed by atoms with van der Waals surface area (Å²) in [5.41, 5.74) is 1.50. The van der Waals surface area contributed by atoms with Gasteiger partial charge >= 0.3 is 6.18 Å². The van der Waals surface area contributed by atoms with Crippen molar-refractivity contribution in [3.63, 3.8) is 0 Å². The Morgan fingerprint density at radius 3 is 2.46 bits per heavy atom. The highest BCUT2D eigenvalue weighted by Gasteiger charge is 2.33. The molecule has 1 aromatic heterocycles. The number of carbonyl (C=O) groups excluding carboxylic acids is 1. The van der Waals surface area contributed by atoms with Crippen LogP contribution in [0.4, 0.5) is 13.2 Å². The average molecular weight is 343 g/mol. The van der Waals surface area contributed by atoms with Crippen molar-refractivity contribution in [2.24, 2.45) is 5.92 Å². The second-order valence-corrected chi connectivity index (χ2v) is 6.48. The van der Waals surface area contributed by atoms with E-state index in [4.69, 9.17) is 0 Å². The molecule has 0 radical (unpaired) electrons. The minimum absolute atomic E-state index is 0.0460. The van der Waals surface area contributed by atoms with Crippen molar-refractivity contribution in [1.29, 1.82) is 0 Å². The molecule has 2 rings (SSSR count). The molecule has 1 amide bonds. The van der Waals surface area contributed by atoms with Gasteiger partial charge in [0.1, 0.15) is 6.54 Å². The number of halogens is 3. The second kappa shape index (κ2) is 6.99. The molecule has 1 saturated heterocycles. The largest absolute Gasteiger partial charge is 0.408 e. The van der Waals surface area contributed by atoms with Gasteiger partial charge in [-0.2, -0.15) is 18.3 Å². The first kappa shape index (κ1) is 18.5. The van der Waals surface area contributed by atoms with Crippen LogP contribution < -0.4 is 0 Å². The first-order valence-corrected chi connectivity index (χ1v) is 8.16. The number of carbonyl (C=O) groups is 1. The number of alkyl halides is 3. The van der Waals surface area contributed by atoms with Gasteiger partial charge in [0.15, 0.2) is 0 Å². The van der Waals surface area contributed by atoms with Crippen molar-refractivity contribution < 1.29 is 18.0 Å². The third-order valence-corrected chi connectivity index (χ3v) is 4.75. The maximum absolute atomic E-state index is 12.7. The molecule has 24 heavy (non-hydrogen) atoms. The van der Waals surface area contributed by atoms with Gasteiger partial charge in [-0.1, -0.05) is 6.08 Å². The molecule has 0 unspecified atom stereocenters. The van der Waals surface area contributed by atoms with Crippen molar-refractivity contribution in [3.05, 3.63) is 29.6 Å². The Balaban J connectivity index is 2.16. The van der Waals surface area contributed by atoms with Crippen molar-refractivity contribution in [2.75, 3.05) is 13.1 Å². The molecular weight excluding hydrogens is 319 g/mol. The summed E-state index contributed by atoms with van der Waals surface area (Å²) in [5.74, 6) is -0.107. The van der Waals surface area contributed by atoms with Gasteiger partial charge in [-0.3, -0.25) is 9.48 Å². The number of aryl methyl sites for hydroxylation is 1. The van der Waals surface area contributed by atoms with E-state index in [9.17, 15) is 18.0 Å². The number of rotatable bonds is 4. The van der Waals surface area contributed by atoms with Crippen LogP contribution in [0.3, 0.4) is 0 Å². The number of piperidine rings is 1. The van der Waals surface area contributed by atoms with E-state index in [1.165, 1.54) is 0 Å². The van der Waals surface area contributed by atoms with Crippen LogP contribution in [0, 0.1) is 19.8 Å². The molecule has 0 aliphatic carbocycles. The summed E-state index contributed by atoms with van der Waals surface area (Å²) < 4.78 is 38.9. The Bertz CT molecular complexity index is 613. The molecule has 1 fully saturated rings. The highest BCUT2D eigenvalue weighted by Crippen LogP contribution is 2.29. The number of aromatic nitrogens is 2. The third kappa shape index (κ3) is 3.99. The van der Waals surface area contributed by atoms with Crippen molar-refractivity contribution in [3.8, 4) is 0 Å². The lowest BCUT2D eigenvalue weighted by Crippen LogP contribution is -2.40. The van der Waals surface area contributed by atoms with E-state index in [0.717, 1.165) is 17.5 Å². The number of allylic oxidation sites excluding steroid dienone is 1. The molecule has 0 N–H and O–H groups in total. The fourth-order valence-corrected chi connectivity index (χ4v) is 3.41. The Labute approximate surface area is 140 Å². The molecule has 0 bridgehead atoms. The molecule has 0 spiro atoms. The maximum atomic E-state index is 12.7. The van der Waals surface area contributed by atoms with Gasteiger partial charge in [0.05, 0.1) is 11.6 Å². The number of hydrogen-bond donors (Lipinski definition) is 0. The molecule has 1 aliphatic rings. The monoisotopic (exact) mass is 343 g/mol. The summed E-state index contributed by atoms with van der Waals surface area (Å²) in [4.78, 5) is 14.5. The van der Waals surface area contributed by atoms with Crippen LogP contribution in [0.2, 0.25) is 0 Å². The van der Waals surface area contributed by atoms with E-state index in [-0.39, 0.29) is 5.91 Å². The second-order valence-electron chi connectivity index (χ2n) is 6.48. The number of likely N-dealkylation sites (tertiary alicyclic amines) is 1. The molecule has 0 aromatic carbocycles. The predicted octanol–water partition coefficient (Wildman–Crippen LogP) is 3.59. The summed E-state index contributed by atoms with van der Waals surface area (Å²) in [6.45, 7) is 8.97. The fraction of sp³-hybridized carbons (Fsp3) is 0.647. The molecule has 0 saturated carbocycles. The maximum Gasteiger partial charge on any atom is 0.408 e. The summed E-state index contributed by atoms with van der Waals surface area (Å²) >= 11 is 0. The molecule has 1 atom stereocenters. The standard InChI is InChI=1S/C17H24F3N3O/c1-5-14-6-8-22(9-7-14)16(24)11(2)15-12(3)21-23(13(15)4)10-17(18,19)20/h5,11,14H,1,6-10H2,2-4H3/t11-/m1/s1. The lowest BCUT2D eigenvalue weighted by atomic mass is 9.93. The number of amides is 1. The minimum atomic E-state index is -4.33. The van der Waals surface area contributed by atoms with E-state index >= 15 is 0 Å². The summed E-state index contributed by atoms with van der Waals surface area (Å²) in [6.07, 6.45) is -0.651. The Morgan fingerprint density at radius 1 is 1.38 bits per heavy atom. The zero-order chi connectivity index (χ0) is 18.1.